The summed E-state index contributed by atoms with van der Waals surface area (Å²) in [5.74, 6) is 1.30. The summed E-state index contributed by atoms with van der Waals surface area (Å²) >= 11 is 0. The van der Waals surface area contributed by atoms with Crippen molar-refractivity contribution in [1.82, 2.24) is 9.97 Å². The highest BCUT2D eigenvalue weighted by atomic mass is 16.6. The number of para-hydroxylation sites is 1. The number of nitro groups is 1. The third kappa shape index (κ3) is 3.82. The molecule has 0 atom stereocenters. The SMILES string of the molecule is O=[N+]([O-])c1ccccc1/C=N\Nc1cc(N2CCOCC2)ncn1. The van der Waals surface area contributed by atoms with Gasteiger partial charge in [0.2, 0.25) is 0 Å². The zero-order valence-corrected chi connectivity index (χ0v) is 12.8. The molecule has 0 bridgehead atoms. The standard InChI is InChI=1S/C15H16N6O3/c22-21(23)13-4-2-1-3-12(13)10-18-19-14-9-15(17-11-16-14)20-5-7-24-8-6-20/h1-4,9-11H,5-8H2,(H,16,17,19)/b18-10-. The lowest BCUT2D eigenvalue weighted by Crippen LogP contribution is -2.36. The van der Waals surface area contributed by atoms with Gasteiger partial charge in [-0.3, -0.25) is 15.5 Å². The van der Waals surface area contributed by atoms with Crippen LogP contribution in [-0.4, -0.2) is 47.4 Å². The second-order valence-corrected chi connectivity index (χ2v) is 5.05. The molecule has 0 saturated carbocycles. The largest absolute Gasteiger partial charge is 0.378 e. The molecule has 3 rings (SSSR count). The van der Waals surface area contributed by atoms with Crippen molar-refractivity contribution in [3.05, 3.63) is 52.3 Å². The lowest BCUT2D eigenvalue weighted by Gasteiger charge is -2.27. The van der Waals surface area contributed by atoms with Crippen molar-refractivity contribution in [1.29, 1.82) is 0 Å². The first-order valence-corrected chi connectivity index (χ1v) is 7.41. The molecule has 0 unspecified atom stereocenters. The molecule has 124 valence electrons. The van der Waals surface area contributed by atoms with Crippen LogP contribution < -0.4 is 10.3 Å². The fraction of sp³-hybridized carbons (Fsp3) is 0.267. The maximum absolute atomic E-state index is 11.0. The molecule has 1 aromatic carbocycles. The van der Waals surface area contributed by atoms with Gasteiger partial charge in [0.1, 0.15) is 12.1 Å². The molecule has 24 heavy (non-hydrogen) atoms. The van der Waals surface area contributed by atoms with Crippen LogP contribution >= 0.6 is 0 Å². The van der Waals surface area contributed by atoms with Crippen molar-refractivity contribution in [3.8, 4) is 0 Å². The van der Waals surface area contributed by atoms with Crippen LogP contribution in [0.2, 0.25) is 0 Å². The molecule has 1 aromatic heterocycles. The third-order valence-corrected chi connectivity index (χ3v) is 3.50. The summed E-state index contributed by atoms with van der Waals surface area (Å²) in [5.41, 5.74) is 3.19. The number of hydrogen-bond acceptors (Lipinski definition) is 8. The molecular formula is C15H16N6O3. The Hall–Kier alpha value is -3.07. The highest BCUT2D eigenvalue weighted by Gasteiger charge is 2.13. The summed E-state index contributed by atoms with van der Waals surface area (Å²) in [6.45, 7) is 2.89. The van der Waals surface area contributed by atoms with Crippen LogP contribution in [0.25, 0.3) is 0 Å². The number of anilines is 2. The first-order valence-electron chi connectivity index (χ1n) is 7.41. The van der Waals surface area contributed by atoms with Crippen molar-refractivity contribution in [2.75, 3.05) is 36.6 Å². The number of nitro benzene ring substituents is 1. The van der Waals surface area contributed by atoms with E-state index >= 15 is 0 Å². The van der Waals surface area contributed by atoms with Gasteiger partial charge in [-0.15, -0.1) is 0 Å². The average Bonchev–Trinajstić information content (AvgIpc) is 2.63. The van der Waals surface area contributed by atoms with Crippen molar-refractivity contribution in [3.63, 3.8) is 0 Å². The van der Waals surface area contributed by atoms with Gasteiger partial charge in [0.25, 0.3) is 5.69 Å². The number of rotatable bonds is 5. The molecule has 0 amide bonds. The normalized spacial score (nSPS) is 14.8. The van der Waals surface area contributed by atoms with Crippen molar-refractivity contribution >= 4 is 23.5 Å². The van der Waals surface area contributed by atoms with Crippen LogP contribution in [0.4, 0.5) is 17.3 Å². The van der Waals surface area contributed by atoms with Gasteiger partial charge in [-0.1, -0.05) is 12.1 Å². The van der Waals surface area contributed by atoms with E-state index in [1.54, 1.807) is 24.3 Å². The van der Waals surface area contributed by atoms with Gasteiger partial charge in [0.05, 0.1) is 29.9 Å². The minimum absolute atomic E-state index is 0.000238. The first kappa shape index (κ1) is 15.8. The molecular weight excluding hydrogens is 312 g/mol. The van der Waals surface area contributed by atoms with Gasteiger partial charge in [0, 0.05) is 25.2 Å². The van der Waals surface area contributed by atoms with E-state index in [1.807, 2.05) is 0 Å². The Balaban J connectivity index is 1.69. The number of benzene rings is 1. The third-order valence-electron chi connectivity index (χ3n) is 3.50. The number of aromatic nitrogens is 2. The minimum atomic E-state index is -0.442. The molecule has 9 nitrogen and oxygen atoms in total. The maximum Gasteiger partial charge on any atom is 0.278 e. The Kier molecular flexibility index (Phi) is 4.92. The quantitative estimate of drug-likeness (QED) is 0.505. The monoisotopic (exact) mass is 328 g/mol. The molecule has 2 heterocycles. The zero-order valence-electron chi connectivity index (χ0n) is 12.8. The van der Waals surface area contributed by atoms with Crippen LogP contribution in [0.1, 0.15) is 5.56 Å². The van der Waals surface area contributed by atoms with Crippen molar-refractivity contribution < 1.29 is 9.66 Å². The molecule has 2 aromatic rings. The number of ether oxygens (including phenoxy) is 1. The highest BCUT2D eigenvalue weighted by Crippen LogP contribution is 2.17. The van der Waals surface area contributed by atoms with E-state index in [9.17, 15) is 10.1 Å². The Morgan fingerprint density at radius 3 is 2.88 bits per heavy atom. The Morgan fingerprint density at radius 1 is 1.29 bits per heavy atom. The van der Waals surface area contributed by atoms with Crippen LogP contribution in [-0.2, 0) is 4.74 Å². The molecule has 9 heteroatoms. The number of hydrogen-bond donors (Lipinski definition) is 1. The summed E-state index contributed by atoms with van der Waals surface area (Å²) in [6.07, 6.45) is 2.85. The molecule has 1 fully saturated rings. The smallest absolute Gasteiger partial charge is 0.278 e. The number of morpholine rings is 1. The molecule has 0 aliphatic carbocycles. The molecule has 0 radical (unpaired) electrons. The van der Waals surface area contributed by atoms with E-state index in [1.165, 1.54) is 18.6 Å². The van der Waals surface area contributed by atoms with Gasteiger partial charge in [-0.05, 0) is 6.07 Å². The topological polar surface area (TPSA) is 106 Å². The summed E-state index contributed by atoms with van der Waals surface area (Å²) in [4.78, 5) is 21.0. The number of nitrogens with one attached hydrogen (secondary N) is 1. The van der Waals surface area contributed by atoms with Crippen molar-refractivity contribution in [2.45, 2.75) is 0 Å². The molecule has 1 aliphatic heterocycles. The van der Waals surface area contributed by atoms with Crippen LogP contribution in [0.5, 0.6) is 0 Å². The fourth-order valence-corrected chi connectivity index (χ4v) is 2.30. The van der Waals surface area contributed by atoms with Gasteiger partial charge >= 0.3 is 0 Å². The summed E-state index contributed by atoms with van der Waals surface area (Å²) in [6, 6.07) is 8.17. The molecule has 1 aliphatic rings. The Bertz CT molecular complexity index is 745. The van der Waals surface area contributed by atoms with E-state index in [0.717, 1.165) is 18.9 Å². The van der Waals surface area contributed by atoms with Gasteiger partial charge in [0.15, 0.2) is 5.82 Å². The van der Waals surface area contributed by atoms with E-state index < -0.39 is 4.92 Å². The van der Waals surface area contributed by atoms with Crippen LogP contribution in [0.3, 0.4) is 0 Å². The van der Waals surface area contributed by atoms with Gasteiger partial charge in [-0.25, -0.2) is 9.97 Å². The molecule has 1 saturated heterocycles. The zero-order chi connectivity index (χ0) is 16.8. The lowest BCUT2D eigenvalue weighted by molar-refractivity contribution is -0.385. The summed E-state index contributed by atoms with van der Waals surface area (Å²) < 4.78 is 5.32. The Labute approximate surface area is 138 Å². The summed E-state index contributed by atoms with van der Waals surface area (Å²) in [5, 5.41) is 15.0. The van der Waals surface area contributed by atoms with Crippen molar-refractivity contribution in [2.24, 2.45) is 5.10 Å². The second kappa shape index (κ2) is 7.47. The maximum atomic E-state index is 11.0. The van der Waals surface area contributed by atoms with E-state index in [2.05, 4.69) is 25.4 Å². The summed E-state index contributed by atoms with van der Waals surface area (Å²) in [7, 11) is 0. The number of nitrogens with zero attached hydrogens (tertiary/aromatic N) is 5. The van der Waals surface area contributed by atoms with E-state index in [-0.39, 0.29) is 5.69 Å². The fourth-order valence-electron chi connectivity index (χ4n) is 2.30. The minimum Gasteiger partial charge on any atom is -0.378 e. The highest BCUT2D eigenvalue weighted by molar-refractivity contribution is 5.85. The lowest BCUT2D eigenvalue weighted by atomic mass is 10.2. The second-order valence-electron chi connectivity index (χ2n) is 5.05. The van der Waals surface area contributed by atoms with Crippen LogP contribution in [0.15, 0.2) is 41.8 Å². The predicted molar refractivity (Wildman–Crippen MR) is 89.4 cm³/mol. The Morgan fingerprint density at radius 2 is 2.08 bits per heavy atom. The first-order chi connectivity index (χ1) is 11.7. The molecule has 0 spiro atoms. The van der Waals surface area contributed by atoms with Crippen LogP contribution in [0, 0.1) is 10.1 Å². The average molecular weight is 328 g/mol. The van der Waals surface area contributed by atoms with E-state index in [4.69, 9.17) is 4.74 Å². The molecule has 1 N–H and O–H groups in total. The predicted octanol–water partition coefficient (Wildman–Crippen LogP) is 1.67. The van der Waals surface area contributed by atoms with Gasteiger partial charge in [-0.2, -0.15) is 5.10 Å². The van der Waals surface area contributed by atoms with E-state index in [0.29, 0.717) is 24.6 Å². The number of hydrazone groups is 1. The van der Waals surface area contributed by atoms with Gasteiger partial charge < -0.3 is 9.64 Å².